The van der Waals surface area contributed by atoms with Crippen LogP contribution in [0.25, 0.3) is 21.3 Å². The van der Waals surface area contributed by atoms with E-state index in [4.69, 9.17) is 0 Å². The van der Waals surface area contributed by atoms with Gasteiger partial charge in [0.25, 0.3) is 5.91 Å². The van der Waals surface area contributed by atoms with E-state index in [9.17, 15) is 9.59 Å². The Labute approximate surface area is 202 Å². The van der Waals surface area contributed by atoms with Gasteiger partial charge in [0.1, 0.15) is 0 Å². The number of rotatable bonds is 6. The van der Waals surface area contributed by atoms with Gasteiger partial charge in [0.05, 0.1) is 15.7 Å². The van der Waals surface area contributed by atoms with E-state index in [1.54, 1.807) is 23.8 Å². The molecule has 1 aromatic heterocycles. The van der Waals surface area contributed by atoms with Crippen LogP contribution in [0.3, 0.4) is 0 Å². The average Bonchev–Trinajstić information content (AvgIpc) is 3.48. The first kappa shape index (κ1) is 22.3. The van der Waals surface area contributed by atoms with Crippen LogP contribution in [0.15, 0.2) is 72.2 Å². The topological polar surface area (TPSA) is 74.3 Å². The van der Waals surface area contributed by atoms with Crippen molar-refractivity contribution in [3.63, 3.8) is 0 Å². The summed E-state index contributed by atoms with van der Waals surface area (Å²) in [5.41, 5.74) is 7.36. The third-order valence-corrected chi connectivity index (χ3v) is 6.92. The molecular formula is C27H26N4O2S. The molecule has 1 atom stereocenters. The van der Waals surface area contributed by atoms with Crippen molar-refractivity contribution in [3.8, 4) is 11.1 Å². The van der Waals surface area contributed by atoms with Crippen LogP contribution in [-0.2, 0) is 11.3 Å². The van der Waals surface area contributed by atoms with Crippen LogP contribution in [0.5, 0.6) is 0 Å². The number of nitrogens with zero attached hydrogens (tertiary/aromatic N) is 2. The molecule has 0 bridgehead atoms. The molecule has 1 fully saturated rings. The van der Waals surface area contributed by atoms with E-state index in [-0.39, 0.29) is 17.9 Å². The molecule has 7 heteroatoms. The summed E-state index contributed by atoms with van der Waals surface area (Å²) in [7, 11) is 0. The summed E-state index contributed by atoms with van der Waals surface area (Å²) in [6, 6.07) is 22.1. The van der Waals surface area contributed by atoms with E-state index < -0.39 is 0 Å². The number of aromatic nitrogens is 1. The van der Waals surface area contributed by atoms with Gasteiger partial charge in [-0.15, -0.1) is 11.3 Å². The molecule has 4 aromatic rings. The van der Waals surface area contributed by atoms with Crippen LogP contribution in [0.4, 0.5) is 5.69 Å². The minimum atomic E-state index is -0.145. The second-order valence-electron chi connectivity index (χ2n) is 8.65. The first-order chi connectivity index (χ1) is 16.5. The van der Waals surface area contributed by atoms with Crippen molar-refractivity contribution in [1.29, 1.82) is 0 Å². The van der Waals surface area contributed by atoms with Crippen molar-refractivity contribution in [2.75, 3.05) is 18.4 Å². The van der Waals surface area contributed by atoms with Gasteiger partial charge in [-0.1, -0.05) is 36.4 Å². The molecule has 6 nitrogen and oxygen atoms in total. The molecule has 3 aromatic carbocycles. The molecule has 2 heterocycles. The molecule has 2 N–H and O–H groups in total. The van der Waals surface area contributed by atoms with E-state index in [1.807, 2.05) is 54.6 Å². The number of carbonyl (C=O) groups excluding carboxylic acids is 2. The van der Waals surface area contributed by atoms with Gasteiger partial charge < -0.3 is 10.6 Å². The maximum atomic E-state index is 13.1. The second kappa shape index (κ2) is 9.75. The summed E-state index contributed by atoms with van der Waals surface area (Å²) in [5, 5.41) is 6.04. The highest BCUT2D eigenvalue weighted by molar-refractivity contribution is 7.16. The Balaban J connectivity index is 1.40. The predicted octanol–water partition coefficient (Wildman–Crippen LogP) is 4.93. The molecule has 0 saturated carbocycles. The summed E-state index contributed by atoms with van der Waals surface area (Å²) < 4.78 is 1.09. The maximum Gasteiger partial charge on any atom is 0.255 e. The molecule has 1 saturated heterocycles. The van der Waals surface area contributed by atoms with Gasteiger partial charge in [0.2, 0.25) is 5.91 Å². The number of benzene rings is 3. The Morgan fingerprint density at radius 1 is 1.09 bits per heavy atom. The largest absolute Gasteiger partial charge is 0.352 e. The zero-order valence-electron chi connectivity index (χ0n) is 19.0. The first-order valence-electron chi connectivity index (χ1n) is 11.4. The normalized spacial score (nSPS) is 16.0. The van der Waals surface area contributed by atoms with Crippen molar-refractivity contribution >= 4 is 39.1 Å². The van der Waals surface area contributed by atoms with E-state index in [0.717, 1.165) is 52.1 Å². The lowest BCUT2D eigenvalue weighted by Gasteiger charge is -2.20. The minimum absolute atomic E-state index is 0.00586. The van der Waals surface area contributed by atoms with Gasteiger partial charge in [-0.25, -0.2) is 4.98 Å². The highest BCUT2D eigenvalue weighted by Gasteiger charge is 2.24. The minimum Gasteiger partial charge on any atom is -0.352 e. The molecule has 1 aliphatic rings. The molecule has 0 spiro atoms. The molecule has 34 heavy (non-hydrogen) atoms. The standard InChI is InChI=1S/C27H26N4O2S/c1-18(32)29-23-11-12-31(16-23)15-21-13-20(7-9-24(21)19-5-3-2-4-6-19)27(33)30-22-8-10-26-25(14-22)28-17-34-26/h2-10,13-14,17,23H,11-12,15-16H2,1H3,(H,29,32)(H,30,33). The van der Waals surface area contributed by atoms with E-state index in [1.165, 1.54) is 0 Å². The monoisotopic (exact) mass is 470 g/mol. The average molecular weight is 471 g/mol. The molecule has 172 valence electrons. The molecule has 0 aliphatic carbocycles. The number of amides is 2. The Hall–Kier alpha value is -3.55. The van der Waals surface area contributed by atoms with Gasteiger partial charge in [-0.3, -0.25) is 14.5 Å². The number of hydrogen-bond acceptors (Lipinski definition) is 5. The fourth-order valence-electron chi connectivity index (χ4n) is 4.53. The number of nitrogens with one attached hydrogen (secondary N) is 2. The lowest BCUT2D eigenvalue weighted by Crippen LogP contribution is -2.35. The Bertz CT molecular complexity index is 1330. The molecule has 2 amide bonds. The van der Waals surface area contributed by atoms with E-state index in [2.05, 4.69) is 32.7 Å². The van der Waals surface area contributed by atoms with Crippen LogP contribution in [-0.4, -0.2) is 40.8 Å². The highest BCUT2D eigenvalue weighted by Crippen LogP contribution is 2.28. The zero-order chi connectivity index (χ0) is 23.5. The molecule has 1 unspecified atom stereocenters. The summed E-state index contributed by atoms with van der Waals surface area (Å²) in [5.74, 6) is -0.140. The molecule has 0 radical (unpaired) electrons. The van der Waals surface area contributed by atoms with Crippen molar-refractivity contribution in [2.24, 2.45) is 0 Å². The van der Waals surface area contributed by atoms with Gasteiger partial charge >= 0.3 is 0 Å². The number of likely N-dealkylation sites (tertiary alicyclic amines) is 1. The van der Waals surface area contributed by atoms with Crippen LogP contribution in [0, 0.1) is 0 Å². The van der Waals surface area contributed by atoms with Crippen molar-refractivity contribution in [1.82, 2.24) is 15.2 Å². The smallest absolute Gasteiger partial charge is 0.255 e. The molecule has 5 rings (SSSR count). The van der Waals surface area contributed by atoms with E-state index >= 15 is 0 Å². The van der Waals surface area contributed by atoms with Crippen molar-refractivity contribution < 1.29 is 9.59 Å². The van der Waals surface area contributed by atoms with Crippen molar-refractivity contribution in [2.45, 2.75) is 25.9 Å². The van der Waals surface area contributed by atoms with Crippen LogP contribution in [0.2, 0.25) is 0 Å². The summed E-state index contributed by atoms with van der Waals surface area (Å²) in [4.78, 5) is 31.2. The first-order valence-corrected chi connectivity index (χ1v) is 12.3. The summed E-state index contributed by atoms with van der Waals surface area (Å²) >= 11 is 1.58. The van der Waals surface area contributed by atoms with Gasteiger partial charge in [0, 0.05) is 43.9 Å². The fourth-order valence-corrected chi connectivity index (χ4v) is 5.19. The van der Waals surface area contributed by atoms with Gasteiger partial charge in [-0.2, -0.15) is 0 Å². The number of hydrogen-bond donors (Lipinski definition) is 2. The number of thiazole rings is 1. The fraction of sp³-hybridized carbons (Fsp3) is 0.222. The zero-order valence-corrected chi connectivity index (χ0v) is 19.8. The van der Waals surface area contributed by atoms with Gasteiger partial charge in [-0.05, 0) is 53.4 Å². The Morgan fingerprint density at radius 3 is 2.76 bits per heavy atom. The van der Waals surface area contributed by atoms with Crippen LogP contribution in [0.1, 0.15) is 29.3 Å². The lowest BCUT2D eigenvalue weighted by atomic mass is 9.96. The highest BCUT2D eigenvalue weighted by atomic mass is 32.1. The van der Waals surface area contributed by atoms with Gasteiger partial charge in [0.15, 0.2) is 0 Å². The second-order valence-corrected chi connectivity index (χ2v) is 9.53. The van der Waals surface area contributed by atoms with Crippen LogP contribution >= 0.6 is 11.3 Å². The maximum absolute atomic E-state index is 13.1. The SMILES string of the molecule is CC(=O)NC1CCN(Cc2cc(C(=O)Nc3ccc4scnc4c3)ccc2-c2ccccc2)C1. The summed E-state index contributed by atoms with van der Waals surface area (Å²) in [6.45, 7) is 3.98. The Kier molecular flexibility index (Phi) is 6.38. The third-order valence-electron chi connectivity index (χ3n) is 6.11. The number of carbonyl (C=O) groups is 2. The van der Waals surface area contributed by atoms with Crippen LogP contribution < -0.4 is 10.6 Å². The number of anilines is 1. The lowest BCUT2D eigenvalue weighted by molar-refractivity contribution is -0.119. The van der Waals surface area contributed by atoms with E-state index in [0.29, 0.717) is 12.1 Å². The summed E-state index contributed by atoms with van der Waals surface area (Å²) in [6.07, 6.45) is 0.930. The quantitative estimate of drug-likeness (QED) is 0.419. The Morgan fingerprint density at radius 2 is 1.94 bits per heavy atom. The molecular weight excluding hydrogens is 444 g/mol. The predicted molar refractivity (Wildman–Crippen MR) is 137 cm³/mol. The number of fused-ring (bicyclic) bond motifs is 1. The van der Waals surface area contributed by atoms with Crippen molar-refractivity contribution in [3.05, 3.63) is 83.4 Å². The molecule has 1 aliphatic heterocycles. The third kappa shape index (κ3) is 5.00.